The number of carbonyl (C=O) groups excluding carboxylic acids is 1. The van der Waals surface area contributed by atoms with Gasteiger partial charge in [0.05, 0.1) is 13.7 Å². The van der Waals surface area contributed by atoms with Crippen molar-refractivity contribution in [2.75, 3.05) is 13.7 Å². The lowest BCUT2D eigenvalue weighted by molar-refractivity contribution is -0.140. The third kappa shape index (κ3) is 5.38. The van der Waals surface area contributed by atoms with Crippen molar-refractivity contribution < 1.29 is 14.3 Å². The first-order valence-corrected chi connectivity index (χ1v) is 5.90. The molecule has 0 bridgehead atoms. The van der Waals surface area contributed by atoms with Crippen LogP contribution in [0.5, 0.6) is 5.75 Å². The van der Waals surface area contributed by atoms with E-state index in [1.807, 2.05) is 24.3 Å². The van der Waals surface area contributed by atoms with E-state index in [-0.39, 0.29) is 5.97 Å². The van der Waals surface area contributed by atoms with Gasteiger partial charge in [-0.05, 0) is 30.0 Å². The number of aryl methyl sites for hydroxylation is 1. The van der Waals surface area contributed by atoms with Gasteiger partial charge in [-0.2, -0.15) is 0 Å². The Morgan fingerprint density at radius 1 is 1.35 bits per heavy atom. The van der Waals surface area contributed by atoms with Crippen molar-refractivity contribution in [3.63, 3.8) is 0 Å². The average Bonchev–Trinajstić information content (AvgIpc) is 2.34. The minimum absolute atomic E-state index is 0.182. The number of benzene rings is 1. The minimum Gasteiger partial charge on any atom is -0.493 e. The molecule has 3 heteroatoms. The molecule has 0 fully saturated rings. The fourth-order valence-electron chi connectivity index (χ4n) is 1.40. The molecular formula is C14H20O3. The Balaban J connectivity index is 2.50. The topological polar surface area (TPSA) is 35.5 Å². The van der Waals surface area contributed by atoms with Crippen LogP contribution in [-0.4, -0.2) is 19.7 Å². The van der Waals surface area contributed by atoms with Gasteiger partial charge in [0.25, 0.3) is 0 Å². The minimum atomic E-state index is -0.182. The number of esters is 1. The molecule has 1 aromatic rings. The summed E-state index contributed by atoms with van der Waals surface area (Å²) in [5, 5.41) is 0. The normalized spacial score (nSPS) is 10.4. The van der Waals surface area contributed by atoms with Gasteiger partial charge in [0.1, 0.15) is 5.75 Å². The van der Waals surface area contributed by atoms with Crippen molar-refractivity contribution in [2.45, 2.75) is 26.7 Å². The third-order valence-corrected chi connectivity index (χ3v) is 2.33. The fourth-order valence-corrected chi connectivity index (χ4v) is 1.40. The SMILES string of the molecule is COC(=O)CCc1cccc(OCC(C)C)c1. The van der Waals surface area contributed by atoms with Gasteiger partial charge in [0.2, 0.25) is 0 Å². The zero-order valence-electron chi connectivity index (χ0n) is 10.7. The second-order valence-corrected chi connectivity index (χ2v) is 4.43. The van der Waals surface area contributed by atoms with Crippen molar-refractivity contribution in [1.82, 2.24) is 0 Å². The molecule has 0 N–H and O–H groups in total. The summed E-state index contributed by atoms with van der Waals surface area (Å²) in [5.41, 5.74) is 1.09. The Morgan fingerprint density at radius 3 is 2.76 bits per heavy atom. The number of hydrogen-bond acceptors (Lipinski definition) is 3. The first kappa shape index (κ1) is 13.6. The van der Waals surface area contributed by atoms with E-state index in [9.17, 15) is 4.79 Å². The Hall–Kier alpha value is -1.51. The fraction of sp³-hybridized carbons (Fsp3) is 0.500. The lowest BCUT2D eigenvalue weighted by Crippen LogP contribution is -2.05. The number of rotatable bonds is 6. The van der Waals surface area contributed by atoms with Crippen LogP contribution in [0.4, 0.5) is 0 Å². The smallest absolute Gasteiger partial charge is 0.305 e. The molecule has 0 aliphatic heterocycles. The third-order valence-electron chi connectivity index (χ3n) is 2.33. The van der Waals surface area contributed by atoms with Gasteiger partial charge in [-0.15, -0.1) is 0 Å². The number of ether oxygens (including phenoxy) is 2. The van der Waals surface area contributed by atoms with E-state index < -0.39 is 0 Å². The summed E-state index contributed by atoms with van der Waals surface area (Å²) in [4.78, 5) is 11.0. The number of methoxy groups -OCH3 is 1. The Morgan fingerprint density at radius 2 is 2.12 bits per heavy atom. The van der Waals surface area contributed by atoms with Crippen molar-refractivity contribution >= 4 is 5.97 Å². The van der Waals surface area contributed by atoms with Crippen LogP contribution in [-0.2, 0) is 16.0 Å². The van der Waals surface area contributed by atoms with Crippen LogP contribution >= 0.6 is 0 Å². The quantitative estimate of drug-likeness (QED) is 0.712. The average molecular weight is 236 g/mol. The van der Waals surface area contributed by atoms with E-state index in [1.54, 1.807) is 0 Å². The summed E-state index contributed by atoms with van der Waals surface area (Å²) in [6.45, 7) is 4.93. The van der Waals surface area contributed by atoms with Crippen LogP contribution in [0.2, 0.25) is 0 Å². The van der Waals surface area contributed by atoms with Gasteiger partial charge in [0.15, 0.2) is 0 Å². The van der Waals surface area contributed by atoms with E-state index in [0.717, 1.165) is 11.3 Å². The predicted octanol–water partition coefficient (Wildman–Crippen LogP) is 2.83. The summed E-state index contributed by atoms with van der Waals surface area (Å²) < 4.78 is 10.2. The molecule has 0 radical (unpaired) electrons. The van der Waals surface area contributed by atoms with E-state index in [0.29, 0.717) is 25.4 Å². The first-order valence-electron chi connectivity index (χ1n) is 5.90. The maximum absolute atomic E-state index is 11.0. The van der Waals surface area contributed by atoms with Crippen LogP contribution in [0, 0.1) is 5.92 Å². The summed E-state index contributed by atoms with van der Waals surface area (Å²) >= 11 is 0. The molecule has 0 atom stereocenters. The highest BCUT2D eigenvalue weighted by molar-refractivity contribution is 5.69. The molecule has 0 heterocycles. The standard InChI is InChI=1S/C14H20O3/c1-11(2)10-17-13-6-4-5-12(9-13)7-8-14(15)16-3/h4-6,9,11H,7-8,10H2,1-3H3. The second kappa shape index (κ2) is 6.94. The van der Waals surface area contributed by atoms with E-state index in [4.69, 9.17) is 4.74 Å². The molecule has 0 saturated heterocycles. The molecule has 3 nitrogen and oxygen atoms in total. The maximum Gasteiger partial charge on any atom is 0.305 e. The Kier molecular flexibility index (Phi) is 5.53. The molecule has 0 amide bonds. The monoisotopic (exact) mass is 236 g/mol. The molecule has 94 valence electrons. The first-order chi connectivity index (χ1) is 8.11. The van der Waals surface area contributed by atoms with E-state index in [1.165, 1.54) is 7.11 Å². The van der Waals surface area contributed by atoms with Crippen LogP contribution in [0.3, 0.4) is 0 Å². The molecule has 0 spiro atoms. The molecular weight excluding hydrogens is 216 g/mol. The van der Waals surface area contributed by atoms with Crippen molar-refractivity contribution in [3.8, 4) is 5.75 Å². The van der Waals surface area contributed by atoms with Crippen molar-refractivity contribution in [3.05, 3.63) is 29.8 Å². The van der Waals surface area contributed by atoms with Gasteiger partial charge < -0.3 is 9.47 Å². The van der Waals surface area contributed by atoms with Gasteiger partial charge in [-0.1, -0.05) is 26.0 Å². The molecule has 17 heavy (non-hydrogen) atoms. The van der Waals surface area contributed by atoms with Crippen molar-refractivity contribution in [2.24, 2.45) is 5.92 Å². The summed E-state index contributed by atoms with van der Waals surface area (Å²) in [6, 6.07) is 7.85. The highest BCUT2D eigenvalue weighted by atomic mass is 16.5. The number of carbonyl (C=O) groups is 1. The van der Waals surface area contributed by atoms with Gasteiger partial charge in [-0.3, -0.25) is 4.79 Å². The van der Waals surface area contributed by atoms with Gasteiger partial charge in [0, 0.05) is 6.42 Å². The lowest BCUT2D eigenvalue weighted by atomic mass is 10.1. The summed E-state index contributed by atoms with van der Waals surface area (Å²) in [7, 11) is 1.41. The predicted molar refractivity (Wildman–Crippen MR) is 67.1 cm³/mol. The second-order valence-electron chi connectivity index (χ2n) is 4.43. The number of hydrogen-bond donors (Lipinski definition) is 0. The zero-order valence-corrected chi connectivity index (χ0v) is 10.7. The lowest BCUT2D eigenvalue weighted by Gasteiger charge is -2.09. The zero-order chi connectivity index (χ0) is 12.7. The molecule has 0 unspecified atom stereocenters. The van der Waals surface area contributed by atoms with Crippen LogP contribution < -0.4 is 4.74 Å². The summed E-state index contributed by atoms with van der Waals surface area (Å²) in [5.74, 6) is 1.19. The van der Waals surface area contributed by atoms with Gasteiger partial charge >= 0.3 is 5.97 Å². The maximum atomic E-state index is 11.0. The van der Waals surface area contributed by atoms with Crippen LogP contribution in [0.25, 0.3) is 0 Å². The molecule has 0 aromatic heterocycles. The molecule has 0 aliphatic carbocycles. The summed E-state index contributed by atoms with van der Waals surface area (Å²) in [6.07, 6.45) is 1.09. The van der Waals surface area contributed by atoms with Crippen molar-refractivity contribution in [1.29, 1.82) is 0 Å². The highest BCUT2D eigenvalue weighted by Gasteiger charge is 2.03. The Bertz CT molecular complexity index is 358. The molecule has 1 aromatic carbocycles. The van der Waals surface area contributed by atoms with Crippen LogP contribution in [0.1, 0.15) is 25.8 Å². The molecule has 1 rings (SSSR count). The van der Waals surface area contributed by atoms with E-state index in [2.05, 4.69) is 18.6 Å². The molecule has 0 saturated carbocycles. The largest absolute Gasteiger partial charge is 0.493 e. The Labute approximate surface area is 103 Å². The highest BCUT2D eigenvalue weighted by Crippen LogP contribution is 2.15. The van der Waals surface area contributed by atoms with Crippen LogP contribution in [0.15, 0.2) is 24.3 Å². The van der Waals surface area contributed by atoms with Gasteiger partial charge in [-0.25, -0.2) is 0 Å². The van der Waals surface area contributed by atoms with E-state index >= 15 is 0 Å². The molecule has 0 aliphatic rings.